The van der Waals surface area contributed by atoms with Crippen molar-refractivity contribution in [3.63, 3.8) is 0 Å². The van der Waals surface area contributed by atoms with Crippen LogP contribution in [0.3, 0.4) is 0 Å². The Labute approximate surface area is 150 Å². The molecule has 0 radical (unpaired) electrons. The quantitative estimate of drug-likeness (QED) is 0.541. The Morgan fingerprint density at radius 1 is 1.00 bits per heavy atom. The third kappa shape index (κ3) is 2.69. The highest BCUT2D eigenvalue weighted by molar-refractivity contribution is 5.72. The molecule has 130 valence electrons. The van der Waals surface area contributed by atoms with E-state index in [0.717, 1.165) is 33.6 Å². The molecule has 0 amide bonds. The van der Waals surface area contributed by atoms with E-state index in [1.807, 2.05) is 49.7 Å². The second-order valence-electron chi connectivity index (χ2n) is 6.15. The van der Waals surface area contributed by atoms with Crippen LogP contribution < -0.4 is 4.74 Å². The van der Waals surface area contributed by atoms with E-state index in [4.69, 9.17) is 4.74 Å². The van der Waals surface area contributed by atoms with Gasteiger partial charge in [-0.1, -0.05) is 0 Å². The minimum absolute atomic E-state index is 0.139. The van der Waals surface area contributed by atoms with Crippen molar-refractivity contribution >= 4 is 5.52 Å². The predicted octanol–water partition coefficient (Wildman–Crippen LogP) is 4.65. The molecule has 0 bridgehead atoms. The van der Waals surface area contributed by atoms with Gasteiger partial charge < -0.3 is 9.14 Å². The van der Waals surface area contributed by atoms with Gasteiger partial charge in [-0.15, -0.1) is 0 Å². The third-order valence-corrected chi connectivity index (χ3v) is 4.40. The lowest BCUT2D eigenvalue weighted by atomic mass is 9.97. The number of hydrogen-bond acceptors (Lipinski definition) is 4. The number of rotatable bonds is 3. The molecule has 26 heavy (non-hydrogen) atoms. The van der Waals surface area contributed by atoms with Crippen LogP contribution >= 0.6 is 0 Å². The third-order valence-electron chi connectivity index (χ3n) is 4.40. The van der Waals surface area contributed by atoms with Gasteiger partial charge in [0, 0.05) is 35.5 Å². The van der Waals surface area contributed by atoms with E-state index in [9.17, 15) is 4.39 Å². The lowest BCUT2D eigenvalue weighted by molar-refractivity contribution is 0.430. The van der Waals surface area contributed by atoms with Gasteiger partial charge in [0.25, 0.3) is 0 Å². The molecule has 1 aromatic carbocycles. The van der Waals surface area contributed by atoms with Crippen molar-refractivity contribution in [3.8, 4) is 22.8 Å². The number of halogens is 1. The van der Waals surface area contributed by atoms with Crippen LogP contribution in [0.25, 0.3) is 16.6 Å². The van der Waals surface area contributed by atoms with E-state index >= 15 is 0 Å². The monoisotopic (exact) mass is 348 g/mol. The Morgan fingerprint density at radius 2 is 1.77 bits per heavy atom. The van der Waals surface area contributed by atoms with Gasteiger partial charge in [0.2, 0.25) is 5.88 Å². The number of aryl methyl sites for hydroxylation is 3. The van der Waals surface area contributed by atoms with Crippen LogP contribution in [0, 0.1) is 26.6 Å². The average molecular weight is 348 g/mol. The molecular formula is C20H17FN4O. The molecular weight excluding hydrogens is 331 g/mol. The molecule has 0 saturated heterocycles. The Kier molecular flexibility index (Phi) is 3.88. The van der Waals surface area contributed by atoms with Crippen molar-refractivity contribution in [1.82, 2.24) is 19.4 Å². The van der Waals surface area contributed by atoms with Crippen molar-refractivity contribution in [1.29, 1.82) is 0 Å². The summed E-state index contributed by atoms with van der Waals surface area (Å²) < 4.78 is 22.4. The lowest BCUT2D eigenvalue weighted by Gasteiger charge is -2.14. The standard InChI is InChI=1S/C20H17FN4O/c1-12-9-18(26-20-17-5-4-7-25(17)8-6-22-20)16(21)10-15(12)19-13(2)23-11-24-14(19)3/h4-11H,1-3H3. The largest absolute Gasteiger partial charge is 0.434 e. The fraction of sp³-hybridized carbons (Fsp3) is 0.150. The van der Waals surface area contributed by atoms with Gasteiger partial charge in [0.1, 0.15) is 11.8 Å². The molecule has 4 rings (SSSR count). The number of hydrogen-bond donors (Lipinski definition) is 0. The zero-order valence-electron chi connectivity index (χ0n) is 14.7. The Bertz CT molecular complexity index is 1100. The van der Waals surface area contributed by atoms with Crippen LogP contribution in [0.4, 0.5) is 4.39 Å². The summed E-state index contributed by atoms with van der Waals surface area (Å²) >= 11 is 0. The van der Waals surface area contributed by atoms with Crippen LogP contribution in [-0.2, 0) is 0 Å². The predicted molar refractivity (Wildman–Crippen MR) is 96.9 cm³/mol. The molecule has 0 N–H and O–H groups in total. The fourth-order valence-electron chi connectivity index (χ4n) is 3.11. The first-order valence-electron chi connectivity index (χ1n) is 8.23. The molecule has 3 heterocycles. The van der Waals surface area contributed by atoms with Crippen molar-refractivity contribution in [2.75, 3.05) is 0 Å². The molecule has 0 aliphatic heterocycles. The smallest absolute Gasteiger partial charge is 0.243 e. The number of fused-ring (bicyclic) bond motifs is 1. The summed E-state index contributed by atoms with van der Waals surface area (Å²) in [6, 6.07) is 6.91. The first-order chi connectivity index (χ1) is 12.5. The maximum Gasteiger partial charge on any atom is 0.243 e. The SMILES string of the molecule is Cc1cc(Oc2nccn3cccc23)c(F)cc1-c1c(C)ncnc1C. The van der Waals surface area contributed by atoms with Crippen LogP contribution in [-0.4, -0.2) is 19.4 Å². The fourth-order valence-corrected chi connectivity index (χ4v) is 3.11. The molecule has 0 spiro atoms. The molecule has 0 aliphatic rings. The zero-order valence-corrected chi connectivity index (χ0v) is 14.7. The van der Waals surface area contributed by atoms with Gasteiger partial charge in [-0.05, 0) is 56.2 Å². The van der Waals surface area contributed by atoms with Gasteiger partial charge in [-0.25, -0.2) is 19.3 Å². The summed E-state index contributed by atoms with van der Waals surface area (Å²) in [5, 5.41) is 0. The Balaban J connectivity index is 1.78. The van der Waals surface area contributed by atoms with Crippen molar-refractivity contribution in [3.05, 3.63) is 72.0 Å². The van der Waals surface area contributed by atoms with E-state index < -0.39 is 5.82 Å². The Morgan fingerprint density at radius 3 is 2.54 bits per heavy atom. The van der Waals surface area contributed by atoms with Crippen molar-refractivity contribution in [2.45, 2.75) is 20.8 Å². The minimum Gasteiger partial charge on any atom is -0.434 e. The molecule has 3 aromatic heterocycles. The molecule has 0 unspecified atom stereocenters. The highest BCUT2D eigenvalue weighted by Crippen LogP contribution is 2.34. The summed E-state index contributed by atoms with van der Waals surface area (Å²) in [5.41, 5.74) is 4.89. The molecule has 0 atom stereocenters. The molecule has 6 heteroatoms. The van der Waals surface area contributed by atoms with E-state index in [-0.39, 0.29) is 5.75 Å². The molecule has 4 aromatic rings. The van der Waals surface area contributed by atoms with Gasteiger partial charge in [-0.2, -0.15) is 0 Å². The van der Waals surface area contributed by atoms with Gasteiger partial charge in [-0.3, -0.25) is 0 Å². The van der Waals surface area contributed by atoms with Crippen molar-refractivity contribution < 1.29 is 9.13 Å². The van der Waals surface area contributed by atoms with Crippen LogP contribution in [0.1, 0.15) is 17.0 Å². The number of benzene rings is 1. The number of nitrogens with zero attached hydrogens (tertiary/aromatic N) is 4. The normalized spacial score (nSPS) is 11.1. The summed E-state index contributed by atoms with van der Waals surface area (Å²) in [7, 11) is 0. The van der Waals surface area contributed by atoms with Crippen LogP contribution in [0.5, 0.6) is 11.6 Å². The summed E-state index contributed by atoms with van der Waals surface area (Å²) in [5.74, 6) is 0.0442. The van der Waals surface area contributed by atoms with E-state index in [2.05, 4.69) is 15.0 Å². The van der Waals surface area contributed by atoms with E-state index in [0.29, 0.717) is 5.88 Å². The van der Waals surface area contributed by atoms with Crippen molar-refractivity contribution in [2.24, 2.45) is 0 Å². The first-order valence-corrected chi connectivity index (χ1v) is 8.23. The maximum absolute atomic E-state index is 14.8. The lowest BCUT2D eigenvalue weighted by Crippen LogP contribution is -1.99. The first kappa shape index (κ1) is 16.2. The average Bonchev–Trinajstić information content (AvgIpc) is 3.08. The topological polar surface area (TPSA) is 52.3 Å². The molecule has 0 aliphatic carbocycles. The van der Waals surface area contributed by atoms with Gasteiger partial charge >= 0.3 is 0 Å². The second-order valence-corrected chi connectivity index (χ2v) is 6.15. The summed E-state index contributed by atoms with van der Waals surface area (Å²) in [6.07, 6.45) is 6.83. The number of ether oxygens (including phenoxy) is 1. The zero-order chi connectivity index (χ0) is 18.3. The van der Waals surface area contributed by atoms with E-state index in [1.165, 1.54) is 12.4 Å². The molecule has 0 fully saturated rings. The van der Waals surface area contributed by atoms with E-state index in [1.54, 1.807) is 12.3 Å². The summed E-state index contributed by atoms with van der Waals surface area (Å²) in [4.78, 5) is 12.7. The van der Waals surface area contributed by atoms with Gasteiger partial charge in [0.05, 0.1) is 0 Å². The molecule has 5 nitrogen and oxygen atoms in total. The Hall–Kier alpha value is -3.28. The number of aromatic nitrogens is 4. The van der Waals surface area contributed by atoms with Crippen LogP contribution in [0.2, 0.25) is 0 Å². The minimum atomic E-state index is -0.455. The van der Waals surface area contributed by atoms with Crippen LogP contribution in [0.15, 0.2) is 49.2 Å². The maximum atomic E-state index is 14.8. The highest BCUT2D eigenvalue weighted by atomic mass is 19.1. The highest BCUT2D eigenvalue weighted by Gasteiger charge is 2.16. The molecule has 0 saturated carbocycles. The van der Waals surface area contributed by atoms with Gasteiger partial charge in [0.15, 0.2) is 11.6 Å². The second kappa shape index (κ2) is 6.22. The summed E-state index contributed by atoms with van der Waals surface area (Å²) in [6.45, 7) is 5.70.